The fourth-order valence-corrected chi connectivity index (χ4v) is 3.39. The van der Waals surface area contributed by atoms with Gasteiger partial charge in [-0.2, -0.15) is 4.73 Å². The number of aromatic nitrogens is 1. The summed E-state index contributed by atoms with van der Waals surface area (Å²) in [5.41, 5.74) is 1.96. The minimum absolute atomic E-state index is 0.163. The Morgan fingerprint density at radius 1 is 0.913 bits per heavy atom. The van der Waals surface area contributed by atoms with Crippen LogP contribution in [0, 0.1) is 5.21 Å². The van der Waals surface area contributed by atoms with E-state index < -0.39 is 0 Å². The number of hydrogen-bond acceptors (Lipinski definition) is 2. The van der Waals surface area contributed by atoms with Crippen molar-refractivity contribution in [1.29, 1.82) is 0 Å². The summed E-state index contributed by atoms with van der Waals surface area (Å²) in [6.07, 6.45) is 1.48. The maximum atomic E-state index is 12.3. The maximum absolute atomic E-state index is 12.3. The first-order chi connectivity index (χ1) is 11.1. The van der Waals surface area contributed by atoms with Crippen LogP contribution in [0.2, 0.25) is 0 Å². The van der Waals surface area contributed by atoms with Crippen LogP contribution < -0.4 is 4.73 Å². The van der Waals surface area contributed by atoms with Gasteiger partial charge in [-0.05, 0) is 47.2 Å². The quantitative estimate of drug-likeness (QED) is 0.390. The third-order valence-corrected chi connectivity index (χ3v) is 4.51. The molecule has 0 saturated carbocycles. The van der Waals surface area contributed by atoms with Gasteiger partial charge in [0.05, 0.1) is 5.56 Å². The molecule has 4 aromatic rings. The summed E-state index contributed by atoms with van der Waals surface area (Å²) < 4.78 is 1.82. The molecular formula is C19H12BrNO2. The van der Waals surface area contributed by atoms with Gasteiger partial charge < -0.3 is 10.3 Å². The summed E-state index contributed by atoms with van der Waals surface area (Å²) in [5, 5.41) is 25.5. The molecule has 0 amide bonds. The van der Waals surface area contributed by atoms with Crippen LogP contribution in [0.5, 0.6) is 5.75 Å². The zero-order valence-electron chi connectivity index (χ0n) is 12.0. The normalized spacial score (nSPS) is 11.2. The van der Waals surface area contributed by atoms with Crippen molar-refractivity contribution in [3.05, 3.63) is 76.5 Å². The Labute approximate surface area is 141 Å². The molecule has 0 fully saturated rings. The van der Waals surface area contributed by atoms with E-state index in [1.165, 1.54) is 6.20 Å². The number of aromatic hydroxyl groups is 1. The zero-order valence-corrected chi connectivity index (χ0v) is 13.6. The van der Waals surface area contributed by atoms with Crippen molar-refractivity contribution in [3.63, 3.8) is 0 Å². The predicted octanol–water partition coefficient (Wildman–Crippen LogP) is 4.76. The van der Waals surface area contributed by atoms with Gasteiger partial charge in [0.1, 0.15) is 5.75 Å². The Morgan fingerprint density at radius 2 is 1.74 bits per heavy atom. The van der Waals surface area contributed by atoms with Crippen molar-refractivity contribution < 1.29 is 9.84 Å². The molecule has 0 spiro atoms. The number of halogens is 1. The molecule has 0 unspecified atom stereocenters. The molecule has 3 aromatic carbocycles. The van der Waals surface area contributed by atoms with Gasteiger partial charge in [-0.15, -0.1) is 0 Å². The van der Waals surface area contributed by atoms with Gasteiger partial charge in [-0.25, -0.2) is 0 Å². The molecule has 0 aliphatic carbocycles. The second-order valence-corrected chi connectivity index (χ2v) is 6.32. The number of pyridine rings is 1. The zero-order chi connectivity index (χ0) is 16.0. The average molecular weight is 366 g/mol. The van der Waals surface area contributed by atoms with Gasteiger partial charge in [-0.3, -0.25) is 0 Å². The summed E-state index contributed by atoms with van der Waals surface area (Å²) >= 11 is 3.47. The Morgan fingerprint density at radius 3 is 2.61 bits per heavy atom. The van der Waals surface area contributed by atoms with Crippen molar-refractivity contribution in [2.75, 3.05) is 0 Å². The molecule has 4 rings (SSSR count). The fourth-order valence-electron chi connectivity index (χ4n) is 3.02. The smallest absolute Gasteiger partial charge is 0.231 e. The number of nitrogens with zero attached hydrogens (tertiary/aromatic N) is 1. The van der Waals surface area contributed by atoms with Crippen LogP contribution in [0.25, 0.3) is 32.8 Å². The van der Waals surface area contributed by atoms with Crippen LogP contribution in [0.1, 0.15) is 0 Å². The van der Waals surface area contributed by atoms with Gasteiger partial charge in [0.25, 0.3) is 0 Å². The first-order valence-electron chi connectivity index (χ1n) is 7.18. The van der Waals surface area contributed by atoms with Gasteiger partial charge in [0, 0.05) is 21.5 Å². The third kappa shape index (κ3) is 2.23. The molecule has 0 radical (unpaired) electrons. The molecule has 0 aliphatic rings. The molecule has 0 atom stereocenters. The second kappa shape index (κ2) is 5.25. The van der Waals surface area contributed by atoms with Gasteiger partial charge in [0.15, 0.2) is 6.20 Å². The molecule has 1 aromatic heterocycles. The molecular weight excluding hydrogens is 354 g/mol. The molecule has 0 saturated heterocycles. The molecule has 0 aliphatic heterocycles. The minimum atomic E-state index is 0.163. The molecule has 1 N–H and O–H groups in total. The van der Waals surface area contributed by atoms with E-state index in [0.717, 1.165) is 30.9 Å². The number of phenols is 1. The SMILES string of the molecule is [O-][n+]1cccc2cccc(-c3c(O)ccc4cc(Br)ccc34)c21. The van der Waals surface area contributed by atoms with E-state index in [1.54, 1.807) is 12.1 Å². The van der Waals surface area contributed by atoms with E-state index in [1.807, 2.05) is 48.5 Å². The summed E-state index contributed by atoms with van der Waals surface area (Å²) in [6.45, 7) is 0. The lowest BCUT2D eigenvalue weighted by atomic mass is 9.95. The average Bonchev–Trinajstić information content (AvgIpc) is 2.55. The van der Waals surface area contributed by atoms with Crippen LogP contribution in [0.4, 0.5) is 0 Å². The van der Waals surface area contributed by atoms with E-state index in [2.05, 4.69) is 15.9 Å². The first kappa shape index (κ1) is 14.0. The number of benzene rings is 3. The van der Waals surface area contributed by atoms with Crippen molar-refractivity contribution in [2.24, 2.45) is 0 Å². The standard InChI is InChI=1S/C19H12BrNO2/c20-14-7-8-15-13(11-14)6-9-17(22)18(15)16-5-1-3-12-4-2-10-21(23)19(12)16/h1-11,22H. The summed E-state index contributed by atoms with van der Waals surface area (Å²) in [4.78, 5) is 0. The highest BCUT2D eigenvalue weighted by Crippen LogP contribution is 2.39. The number of fused-ring (bicyclic) bond motifs is 2. The molecule has 112 valence electrons. The Balaban J connectivity index is 2.17. The van der Waals surface area contributed by atoms with Gasteiger partial charge in [0.2, 0.25) is 5.52 Å². The monoisotopic (exact) mass is 365 g/mol. The minimum Gasteiger partial charge on any atom is -0.618 e. The van der Waals surface area contributed by atoms with E-state index in [9.17, 15) is 10.3 Å². The highest BCUT2D eigenvalue weighted by Gasteiger charge is 2.17. The summed E-state index contributed by atoms with van der Waals surface area (Å²) in [7, 11) is 0. The lowest BCUT2D eigenvalue weighted by Gasteiger charge is -2.12. The van der Waals surface area contributed by atoms with Crippen LogP contribution in [-0.2, 0) is 0 Å². The van der Waals surface area contributed by atoms with Crippen LogP contribution in [0.3, 0.4) is 0 Å². The predicted molar refractivity (Wildman–Crippen MR) is 95.2 cm³/mol. The highest BCUT2D eigenvalue weighted by atomic mass is 79.9. The second-order valence-electron chi connectivity index (χ2n) is 5.40. The number of rotatable bonds is 1. The van der Waals surface area contributed by atoms with Crippen LogP contribution >= 0.6 is 15.9 Å². The van der Waals surface area contributed by atoms with E-state index in [-0.39, 0.29) is 5.75 Å². The third-order valence-electron chi connectivity index (χ3n) is 4.01. The van der Waals surface area contributed by atoms with Crippen molar-refractivity contribution in [3.8, 4) is 16.9 Å². The lowest BCUT2D eigenvalue weighted by molar-refractivity contribution is -0.576. The Hall–Kier alpha value is -2.59. The fraction of sp³-hybridized carbons (Fsp3) is 0. The molecule has 1 heterocycles. The Bertz CT molecular complexity index is 1050. The number of hydrogen-bond donors (Lipinski definition) is 1. The summed E-state index contributed by atoms with van der Waals surface area (Å²) in [5.74, 6) is 0.163. The maximum Gasteiger partial charge on any atom is 0.231 e. The first-order valence-corrected chi connectivity index (χ1v) is 7.97. The number of phenolic OH excluding ortho intramolecular Hbond substituents is 1. The van der Waals surface area contributed by atoms with E-state index in [0.29, 0.717) is 11.1 Å². The topological polar surface area (TPSA) is 47.2 Å². The lowest BCUT2D eigenvalue weighted by Crippen LogP contribution is -2.26. The van der Waals surface area contributed by atoms with Crippen molar-refractivity contribution in [2.45, 2.75) is 0 Å². The van der Waals surface area contributed by atoms with E-state index >= 15 is 0 Å². The molecule has 3 nitrogen and oxygen atoms in total. The van der Waals surface area contributed by atoms with Crippen molar-refractivity contribution in [1.82, 2.24) is 0 Å². The largest absolute Gasteiger partial charge is 0.618 e. The molecule has 23 heavy (non-hydrogen) atoms. The highest BCUT2D eigenvalue weighted by molar-refractivity contribution is 9.10. The molecule has 4 heteroatoms. The number of para-hydroxylation sites is 1. The molecule has 0 bridgehead atoms. The van der Waals surface area contributed by atoms with E-state index in [4.69, 9.17) is 0 Å². The van der Waals surface area contributed by atoms with Crippen LogP contribution in [0.15, 0.2) is 71.3 Å². The van der Waals surface area contributed by atoms with Crippen molar-refractivity contribution >= 4 is 37.6 Å². The van der Waals surface area contributed by atoms with Gasteiger partial charge >= 0.3 is 0 Å². The Kier molecular flexibility index (Phi) is 3.20. The van der Waals surface area contributed by atoms with Gasteiger partial charge in [-0.1, -0.05) is 34.1 Å². The van der Waals surface area contributed by atoms with Crippen LogP contribution in [-0.4, -0.2) is 5.11 Å². The summed E-state index contributed by atoms with van der Waals surface area (Å²) in [6, 6.07) is 18.7.